The van der Waals surface area contributed by atoms with E-state index >= 15 is 0 Å². The number of amides is 2. The summed E-state index contributed by atoms with van der Waals surface area (Å²) in [5.41, 5.74) is 6.92. The molecule has 19 heavy (non-hydrogen) atoms. The maximum absolute atomic E-state index is 10.8. The summed E-state index contributed by atoms with van der Waals surface area (Å²) in [5, 5.41) is 6.17. The van der Waals surface area contributed by atoms with Crippen LogP contribution in [0.5, 0.6) is 0 Å². The van der Waals surface area contributed by atoms with Crippen LogP contribution >= 0.6 is 0 Å². The van der Waals surface area contributed by atoms with E-state index in [9.17, 15) is 4.79 Å². The molecule has 1 aromatic carbocycles. The van der Waals surface area contributed by atoms with E-state index < -0.39 is 6.03 Å². The van der Waals surface area contributed by atoms with Gasteiger partial charge in [-0.2, -0.15) is 0 Å². The van der Waals surface area contributed by atoms with Gasteiger partial charge in [0.2, 0.25) is 0 Å². The number of urea groups is 1. The summed E-state index contributed by atoms with van der Waals surface area (Å²) >= 11 is 0. The van der Waals surface area contributed by atoms with E-state index in [1.807, 2.05) is 24.3 Å². The van der Waals surface area contributed by atoms with E-state index in [2.05, 4.69) is 10.6 Å². The molecule has 4 heteroatoms. The van der Waals surface area contributed by atoms with Crippen molar-refractivity contribution < 1.29 is 4.79 Å². The maximum atomic E-state index is 10.8. The van der Waals surface area contributed by atoms with E-state index in [4.69, 9.17) is 5.73 Å². The highest BCUT2D eigenvalue weighted by molar-refractivity contribution is 5.88. The number of carbonyl (C=O) groups is 1. The lowest BCUT2D eigenvalue weighted by atomic mass is 9.96. The summed E-state index contributed by atoms with van der Waals surface area (Å²) in [6, 6.07) is 7.76. The van der Waals surface area contributed by atoms with Crippen LogP contribution in [0, 0.1) is 0 Å². The molecule has 0 heterocycles. The van der Waals surface area contributed by atoms with Crippen LogP contribution in [0.4, 0.5) is 16.2 Å². The predicted molar refractivity (Wildman–Crippen MR) is 79.4 cm³/mol. The Morgan fingerprint density at radius 2 is 1.68 bits per heavy atom. The molecule has 0 atom stereocenters. The highest BCUT2D eigenvalue weighted by Crippen LogP contribution is 2.22. The minimum Gasteiger partial charge on any atom is -0.382 e. The molecule has 2 amide bonds. The third kappa shape index (κ3) is 4.81. The normalized spacial score (nSPS) is 17.3. The van der Waals surface area contributed by atoms with Gasteiger partial charge in [-0.1, -0.05) is 38.2 Å². The van der Waals surface area contributed by atoms with Gasteiger partial charge in [0.05, 0.1) is 0 Å². The summed E-state index contributed by atoms with van der Waals surface area (Å²) in [4.78, 5) is 10.8. The first-order valence-corrected chi connectivity index (χ1v) is 7.17. The Balaban J connectivity index is 1.94. The first kappa shape index (κ1) is 13.7. The Hall–Kier alpha value is -1.71. The standard InChI is InChI=1S/C15H23N3O/c16-15(19)18-14-10-6-9-13(11-14)17-12-7-4-2-1-3-5-8-12/h6,9-12,17H,1-5,7-8H2,(H3,16,18,19). The molecular formula is C15H23N3O. The minimum absolute atomic E-state index is 0.525. The van der Waals surface area contributed by atoms with Gasteiger partial charge in [0.15, 0.2) is 0 Å². The zero-order chi connectivity index (χ0) is 13.5. The van der Waals surface area contributed by atoms with Crippen LogP contribution in [-0.2, 0) is 0 Å². The third-order valence-corrected chi connectivity index (χ3v) is 3.61. The van der Waals surface area contributed by atoms with E-state index in [1.54, 1.807) is 0 Å². The van der Waals surface area contributed by atoms with Gasteiger partial charge in [-0.3, -0.25) is 0 Å². The van der Waals surface area contributed by atoms with E-state index in [0.717, 1.165) is 11.4 Å². The van der Waals surface area contributed by atoms with Crippen molar-refractivity contribution in [2.45, 2.75) is 51.0 Å². The molecule has 4 nitrogen and oxygen atoms in total. The van der Waals surface area contributed by atoms with Gasteiger partial charge in [-0.05, 0) is 31.0 Å². The SMILES string of the molecule is NC(=O)Nc1cccc(NC2CCCCCCC2)c1. The quantitative estimate of drug-likeness (QED) is 0.776. The topological polar surface area (TPSA) is 67.2 Å². The number of nitrogens with one attached hydrogen (secondary N) is 2. The van der Waals surface area contributed by atoms with Crippen molar-refractivity contribution in [3.63, 3.8) is 0 Å². The van der Waals surface area contributed by atoms with Crippen LogP contribution in [0.2, 0.25) is 0 Å². The van der Waals surface area contributed by atoms with Crippen LogP contribution in [0.25, 0.3) is 0 Å². The Morgan fingerprint density at radius 1 is 1.05 bits per heavy atom. The molecule has 1 aliphatic carbocycles. The number of rotatable bonds is 3. The number of anilines is 2. The zero-order valence-corrected chi connectivity index (χ0v) is 11.3. The molecular weight excluding hydrogens is 238 g/mol. The lowest BCUT2D eigenvalue weighted by molar-refractivity contribution is 0.259. The summed E-state index contributed by atoms with van der Waals surface area (Å²) in [5.74, 6) is 0. The molecule has 0 saturated heterocycles. The Morgan fingerprint density at radius 3 is 2.37 bits per heavy atom. The second-order valence-corrected chi connectivity index (χ2v) is 5.26. The fourth-order valence-electron chi connectivity index (χ4n) is 2.67. The number of nitrogens with two attached hydrogens (primary N) is 1. The summed E-state index contributed by atoms with van der Waals surface area (Å²) < 4.78 is 0. The zero-order valence-electron chi connectivity index (χ0n) is 11.3. The summed E-state index contributed by atoms with van der Waals surface area (Å²) in [6.45, 7) is 0. The monoisotopic (exact) mass is 261 g/mol. The second-order valence-electron chi connectivity index (χ2n) is 5.26. The molecule has 0 unspecified atom stereocenters. The van der Waals surface area contributed by atoms with Gasteiger partial charge in [0.25, 0.3) is 0 Å². The van der Waals surface area contributed by atoms with Gasteiger partial charge < -0.3 is 16.4 Å². The molecule has 1 aliphatic rings. The Kier molecular flexibility index (Phi) is 5.07. The molecule has 0 radical (unpaired) electrons. The van der Waals surface area contributed by atoms with Crippen molar-refractivity contribution in [2.24, 2.45) is 5.73 Å². The molecule has 1 saturated carbocycles. The number of primary amides is 1. The lowest BCUT2D eigenvalue weighted by Crippen LogP contribution is -2.21. The maximum Gasteiger partial charge on any atom is 0.316 e. The highest BCUT2D eigenvalue weighted by Gasteiger charge is 2.11. The first-order chi connectivity index (χ1) is 9.24. The van der Waals surface area contributed by atoms with Crippen LogP contribution in [0.3, 0.4) is 0 Å². The number of benzene rings is 1. The second kappa shape index (κ2) is 7.02. The molecule has 0 aliphatic heterocycles. The first-order valence-electron chi connectivity index (χ1n) is 7.17. The Labute approximate surface area is 114 Å². The summed E-state index contributed by atoms with van der Waals surface area (Å²) in [6.07, 6.45) is 9.14. The molecule has 4 N–H and O–H groups in total. The van der Waals surface area contributed by atoms with Crippen molar-refractivity contribution in [3.8, 4) is 0 Å². The fraction of sp³-hybridized carbons (Fsp3) is 0.533. The van der Waals surface area contributed by atoms with Gasteiger partial charge in [0, 0.05) is 17.4 Å². The number of hydrogen-bond donors (Lipinski definition) is 3. The van der Waals surface area contributed by atoms with Crippen molar-refractivity contribution in [1.29, 1.82) is 0 Å². The smallest absolute Gasteiger partial charge is 0.316 e. The number of carbonyl (C=O) groups excluding carboxylic acids is 1. The van der Waals surface area contributed by atoms with Gasteiger partial charge in [-0.25, -0.2) is 4.79 Å². The van der Waals surface area contributed by atoms with Crippen LogP contribution in [-0.4, -0.2) is 12.1 Å². The van der Waals surface area contributed by atoms with E-state index in [-0.39, 0.29) is 0 Å². The van der Waals surface area contributed by atoms with Crippen LogP contribution in [0.15, 0.2) is 24.3 Å². The molecule has 0 aromatic heterocycles. The number of hydrogen-bond acceptors (Lipinski definition) is 2. The molecule has 1 fully saturated rings. The van der Waals surface area contributed by atoms with Crippen LogP contribution in [0.1, 0.15) is 44.9 Å². The molecule has 104 valence electrons. The molecule has 2 rings (SSSR count). The van der Waals surface area contributed by atoms with Crippen molar-refractivity contribution >= 4 is 17.4 Å². The Bertz CT molecular complexity index is 412. The minimum atomic E-state index is -0.525. The van der Waals surface area contributed by atoms with Crippen molar-refractivity contribution in [1.82, 2.24) is 0 Å². The average Bonchev–Trinajstić information content (AvgIpc) is 2.32. The fourth-order valence-corrected chi connectivity index (χ4v) is 2.67. The van der Waals surface area contributed by atoms with E-state index in [1.165, 1.54) is 44.9 Å². The van der Waals surface area contributed by atoms with Crippen molar-refractivity contribution in [3.05, 3.63) is 24.3 Å². The highest BCUT2D eigenvalue weighted by atomic mass is 16.2. The van der Waals surface area contributed by atoms with Gasteiger partial charge in [-0.15, -0.1) is 0 Å². The molecule has 0 spiro atoms. The van der Waals surface area contributed by atoms with Crippen molar-refractivity contribution in [2.75, 3.05) is 10.6 Å². The van der Waals surface area contributed by atoms with Crippen LogP contribution < -0.4 is 16.4 Å². The lowest BCUT2D eigenvalue weighted by Gasteiger charge is -2.22. The van der Waals surface area contributed by atoms with Gasteiger partial charge in [0.1, 0.15) is 0 Å². The summed E-state index contributed by atoms with van der Waals surface area (Å²) in [7, 11) is 0. The third-order valence-electron chi connectivity index (χ3n) is 3.61. The van der Waals surface area contributed by atoms with Gasteiger partial charge >= 0.3 is 6.03 Å². The molecule has 1 aromatic rings. The largest absolute Gasteiger partial charge is 0.382 e. The van der Waals surface area contributed by atoms with E-state index in [0.29, 0.717) is 6.04 Å². The average molecular weight is 261 g/mol. The molecule has 0 bridgehead atoms. The predicted octanol–water partition coefficient (Wildman–Crippen LogP) is 3.70.